The summed E-state index contributed by atoms with van der Waals surface area (Å²) in [5.74, 6) is 1.91. The molecular weight excluding hydrogens is 468 g/mol. The van der Waals surface area contributed by atoms with E-state index in [9.17, 15) is 5.26 Å². The number of allylic oxidation sites excluding steroid dienone is 1. The number of rotatable bonds is 2. The topological polar surface area (TPSA) is 86.7 Å². The van der Waals surface area contributed by atoms with Gasteiger partial charge in [-0.2, -0.15) is 5.26 Å². The van der Waals surface area contributed by atoms with Gasteiger partial charge in [-0.15, -0.1) is 0 Å². The summed E-state index contributed by atoms with van der Waals surface area (Å²) >= 11 is 7.01. The average Bonchev–Trinajstić information content (AvgIpc) is 3.05. The third-order valence-corrected chi connectivity index (χ3v) is 5.31. The summed E-state index contributed by atoms with van der Waals surface area (Å²) in [7, 11) is 1.58. The molecule has 0 bridgehead atoms. The third kappa shape index (κ3) is 2.59. The SMILES string of the molecule is COc1c(Br)cc(Br)cc1[C@@H]1C(C#N)=C(N)Oc2cc3c(cc21)OCO3. The van der Waals surface area contributed by atoms with Crippen LogP contribution in [0.1, 0.15) is 17.0 Å². The van der Waals surface area contributed by atoms with Gasteiger partial charge in [-0.3, -0.25) is 0 Å². The van der Waals surface area contributed by atoms with Gasteiger partial charge in [0.2, 0.25) is 12.7 Å². The Morgan fingerprint density at radius 2 is 1.85 bits per heavy atom. The summed E-state index contributed by atoms with van der Waals surface area (Å²) < 4.78 is 23.8. The van der Waals surface area contributed by atoms with Crippen molar-refractivity contribution >= 4 is 31.9 Å². The van der Waals surface area contributed by atoms with Crippen LogP contribution >= 0.6 is 31.9 Å². The molecule has 1 atom stereocenters. The lowest BCUT2D eigenvalue weighted by molar-refractivity contribution is 0.174. The molecule has 0 saturated carbocycles. The fourth-order valence-electron chi connectivity index (χ4n) is 3.18. The maximum atomic E-state index is 9.73. The molecule has 0 spiro atoms. The van der Waals surface area contributed by atoms with Gasteiger partial charge in [-0.1, -0.05) is 15.9 Å². The van der Waals surface area contributed by atoms with E-state index >= 15 is 0 Å². The predicted molar refractivity (Wildman–Crippen MR) is 100 cm³/mol. The molecule has 2 aliphatic rings. The molecule has 2 aliphatic heterocycles. The van der Waals surface area contributed by atoms with Gasteiger partial charge in [-0.25, -0.2) is 0 Å². The van der Waals surface area contributed by atoms with Gasteiger partial charge in [0.1, 0.15) is 23.1 Å². The van der Waals surface area contributed by atoms with Gasteiger partial charge < -0.3 is 24.7 Å². The highest BCUT2D eigenvalue weighted by atomic mass is 79.9. The van der Waals surface area contributed by atoms with E-state index in [1.54, 1.807) is 13.2 Å². The molecule has 8 heteroatoms. The Kier molecular flexibility index (Phi) is 4.21. The summed E-state index contributed by atoms with van der Waals surface area (Å²) in [4.78, 5) is 0. The van der Waals surface area contributed by atoms with E-state index in [1.165, 1.54) is 0 Å². The molecule has 2 N–H and O–H groups in total. The van der Waals surface area contributed by atoms with Gasteiger partial charge in [0, 0.05) is 21.7 Å². The first-order chi connectivity index (χ1) is 12.5. The molecular formula is C18H12Br2N2O4. The van der Waals surface area contributed by atoms with Crippen molar-refractivity contribution in [1.82, 2.24) is 0 Å². The molecule has 2 aromatic rings. The minimum absolute atomic E-state index is 0.0574. The highest BCUT2D eigenvalue weighted by Crippen LogP contribution is 2.50. The highest BCUT2D eigenvalue weighted by molar-refractivity contribution is 9.11. The first kappa shape index (κ1) is 17.1. The van der Waals surface area contributed by atoms with Gasteiger partial charge in [0.15, 0.2) is 11.5 Å². The molecule has 26 heavy (non-hydrogen) atoms. The summed E-state index contributed by atoms with van der Waals surface area (Å²) in [6.07, 6.45) is 0. The Balaban J connectivity index is 2.00. The van der Waals surface area contributed by atoms with Crippen LogP contribution in [0.25, 0.3) is 0 Å². The number of hydrogen-bond donors (Lipinski definition) is 1. The van der Waals surface area contributed by atoms with Crippen LogP contribution in [0.3, 0.4) is 0 Å². The lowest BCUT2D eigenvalue weighted by Gasteiger charge is -2.28. The molecule has 0 unspecified atom stereocenters. The normalized spacial score (nSPS) is 17.4. The van der Waals surface area contributed by atoms with Gasteiger partial charge in [0.25, 0.3) is 0 Å². The van der Waals surface area contributed by atoms with Crippen LogP contribution in [0.15, 0.2) is 44.7 Å². The summed E-state index contributed by atoms with van der Waals surface area (Å²) in [5, 5.41) is 9.73. The van der Waals surface area contributed by atoms with Crippen molar-refractivity contribution in [3.05, 3.63) is 55.8 Å². The van der Waals surface area contributed by atoms with Crippen molar-refractivity contribution in [3.63, 3.8) is 0 Å². The van der Waals surface area contributed by atoms with E-state index in [2.05, 4.69) is 37.9 Å². The van der Waals surface area contributed by atoms with Gasteiger partial charge in [-0.05, 0) is 34.1 Å². The van der Waals surface area contributed by atoms with Crippen molar-refractivity contribution in [2.75, 3.05) is 13.9 Å². The standard InChI is InChI=1S/C18H12Br2N2O4/c1-23-17-10(2-8(19)3-12(17)20)16-9-4-14-15(25-7-24-14)5-13(9)26-18(22)11(16)6-21/h2-5,16H,7,22H2,1H3/t16-/m1/s1. The number of methoxy groups -OCH3 is 1. The average molecular weight is 480 g/mol. The number of hydrogen-bond acceptors (Lipinski definition) is 6. The van der Waals surface area contributed by atoms with Crippen LogP contribution in [0.5, 0.6) is 23.0 Å². The second-order valence-electron chi connectivity index (χ2n) is 5.68. The largest absolute Gasteiger partial charge is 0.495 e. The molecule has 4 rings (SSSR count). The van der Waals surface area contributed by atoms with Crippen molar-refractivity contribution in [2.24, 2.45) is 5.73 Å². The molecule has 0 radical (unpaired) electrons. The molecule has 0 amide bonds. The lowest BCUT2D eigenvalue weighted by Crippen LogP contribution is -2.21. The van der Waals surface area contributed by atoms with Crippen molar-refractivity contribution in [3.8, 4) is 29.1 Å². The maximum Gasteiger partial charge on any atom is 0.231 e. The van der Waals surface area contributed by atoms with E-state index in [0.29, 0.717) is 28.6 Å². The van der Waals surface area contributed by atoms with Crippen LogP contribution in [0, 0.1) is 11.3 Å². The maximum absolute atomic E-state index is 9.73. The molecule has 2 aromatic carbocycles. The molecule has 2 heterocycles. The highest BCUT2D eigenvalue weighted by Gasteiger charge is 2.35. The van der Waals surface area contributed by atoms with Gasteiger partial charge >= 0.3 is 0 Å². The first-order valence-electron chi connectivity index (χ1n) is 7.57. The zero-order chi connectivity index (χ0) is 18.4. The Hall–Kier alpha value is -2.37. The van der Waals surface area contributed by atoms with Crippen molar-refractivity contribution in [1.29, 1.82) is 5.26 Å². The summed E-state index contributed by atoms with van der Waals surface area (Å²) in [6.45, 7) is 0.142. The number of nitrogens with two attached hydrogens (primary N) is 1. The summed E-state index contributed by atoms with van der Waals surface area (Å²) in [6, 6.07) is 9.50. The van der Waals surface area contributed by atoms with Crippen molar-refractivity contribution in [2.45, 2.75) is 5.92 Å². The van der Waals surface area contributed by atoms with Crippen LogP contribution in [0.2, 0.25) is 0 Å². The van der Waals surface area contributed by atoms with Gasteiger partial charge in [0.05, 0.1) is 17.5 Å². The van der Waals surface area contributed by atoms with E-state index in [0.717, 1.165) is 20.1 Å². The second-order valence-corrected chi connectivity index (χ2v) is 7.45. The smallest absolute Gasteiger partial charge is 0.231 e. The molecule has 6 nitrogen and oxygen atoms in total. The van der Waals surface area contributed by atoms with E-state index in [4.69, 9.17) is 24.7 Å². The number of nitriles is 1. The minimum atomic E-state index is -0.470. The van der Waals surface area contributed by atoms with Crippen LogP contribution in [-0.4, -0.2) is 13.9 Å². The van der Waals surface area contributed by atoms with Crippen molar-refractivity contribution < 1.29 is 18.9 Å². The second kappa shape index (κ2) is 6.41. The quantitative estimate of drug-likeness (QED) is 0.695. The molecule has 132 valence electrons. The van der Waals surface area contributed by atoms with E-state index < -0.39 is 5.92 Å². The zero-order valence-electron chi connectivity index (χ0n) is 13.5. The minimum Gasteiger partial charge on any atom is -0.495 e. The number of fused-ring (bicyclic) bond motifs is 2. The fourth-order valence-corrected chi connectivity index (χ4v) is 4.60. The number of ether oxygens (including phenoxy) is 4. The Labute approximate surface area is 166 Å². The summed E-state index contributed by atoms with van der Waals surface area (Å²) in [5.41, 5.74) is 7.88. The molecule has 0 aromatic heterocycles. The Morgan fingerprint density at radius 3 is 2.54 bits per heavy atom. The lowest BCUT2D eigenvalue weighted by atomic mass is 9.83. The molecule has 0 aliphatic carbocycles. The van der Waals surface area contributed by atoms with Crippen LogP contribution < -0.4 is 24.7 Å². The number of nitrogens with zero attached hydrogens (tertiary/aromatic N) is 1. The first-order valence-corrected chi connectivity index (χ1v) is 9.16. The number of halogens is 2. The Morgan fingerprint density at radius 1 is 1.12 bits per heavy atom. The van der Waals surface area contributed by atoms with Crippen LogP contribution in [0.4, 0.5) is 0 Å². The zero-order valence-corrected chi connectivity index (χ0v) is 16.7. The molecule has 0 fully saturated rings. The van der Waals surface area contributed by atoms with E-state index in [1.807, 2.05) is 18.2 Å². The van der Waals surface area contributed by atoms with Crippen LogP contribution in [-0.2, 0) is 0 Å². The number of benzene rings is 2. The Bertz CT molecular complexity index is 998. The predicted octanol–water partition coefficient (Wildman–Crippen LogP) is 4.17. The van der Waals surface area contributed by atoms with E-state index in [-0.39, 0.29) is 12.7 Å². The third-order valence-electron chi connectivity index (χ3n) is 4.26. The molecule has 0 saturated heterocycles. The fraction of sp³-hybridized carbons (Fsp3) is 0.167. The monoisotopic (exact) mass is 478 g/mol.